The van der Waals surface area contributed by atoms with E-state index in [0.717, 1.165) is 31.7 Å². The molecule has 12 nitrogen and oxygen atoms in total. The number of hydrogen-bond donors (Lipinski definition) is 2. The van der Waals surface area contributed by atoms with Crippen LogP contribution in [0.25, 0.3) is 21.8 Å². The van der Waals surface area contributed by atoms with Crippen LogP contribution in [-0.4, -0.2) is 103 Å². The third-order valence-corrected chi connectivity index (χ3v) is 8.94. The van der Waals surface area contributed by atoms with Crippen molar-refractivity contribution in [1.29, 1.82) is 0 Å². The van der Waals surface area contributed by atoms with Gasteiger partial charge < -0.3 is 38.1 Å². The molecule has 0 saturated carbocycles. The molecule has 0 radical (unpaired) electrons. The molecule has 0 aliphatic carbocycles. The molecule has 276 valence electrons. The van der Waals surface area contributed by atoms with Crippen molar-refractivity contribution in [1.82, 2.24) is 19.6 Å². The minimum atomic E-state index is -0.417. The van der Waals surface area contributed by atoms with E-state index < -0.39 is 6.10 Å². The van der Waals surface area contributed by atoms with Crippen LogP contribution in [0, 0.1) is 16.2 Å². The van der Waals surface area contributed by atoms with Crippen molar-refractivity contribution in [3.8, 4) is 0 Å². The van der Waals surface area contributed by atoms with Crippen LogP contribution in [0.15, 0.2) is 53.3 Å². The Morgan fingerprint density at radius 3 is 1.47 bits per heavy atom. The van der Waals surface area contributed by atoms with Crippen molar-refractivity contribution >= 4 is 64.3 Å². The van der Waals surface area contributed by atoms with Gasteiger partial charge in [-0.1, -0.05) is 69.6 Å². The Balaban J connectivity index is 0.000000152. The van der Waals surface area contributed by atoms with Crippen molar-refractivity contribution in [3.05, 3.63) is 53.3 Å². The highest BCUT2D eigenvalue weighted by Crippen LogP contribution is 2.27. The summed E-state index contributed by atoms with van der Waals surface area (Å²) >= 11 is 3.41. The fourth-order valence-corrected chi connectivity index (χ4v) is 6.09. The van der Waals surface area contributed by atoms with Crippen LogP contribution in [0.5, 0.6) is 0 Å². The second-order valence-electron chi connectivity index (χ2n) is 16.3. The van der Waals surface area contributed by atoms with Crippen LogP contribution in [0.2, 0.25) is 0 Å². The third kappa shape index (κ3) is 11.4. The normalized spacial score (nSPS) is 21.0. The molecule has 16 heteroatoms. The predicted molar refractivity (Wildman–Crippen MR) is 204 cm³/mol. The minimum absolute atomic E-state index is 0.0722. The summed E-state index contributed by atoms with van der Waals surface area (Å²) in [5.41, 5.74) is 3.32. The fourth-order valence-electron chi connectivity index (χ4n) is 5.71. The van der Waals surface area contributed by atoms with E-state index in [0.29, 0.717) is 52.7 Å². The molecule has 51 heavy (non-hydrogen) atoms. The number of fused-ring (bicyclic) bond motifs is 2. The van der Waals surface area contributed by atoms with E-state index in [-0.39, 0.29) is 43.5 Å². The lowest BCUT2D eigenvalue weighted by molar-refractivity contribution is 0.00624. The Kier molecular flexibility index (Phi) is 13.2. The number of aliphatic hydroxyl groups excluding tert-OH is 2. The molecule has 7 rings (SSSR count). The van der Waals surface area contributed by atoms with E-state index in [1.165, 1.54) is 0 Å². The monoisotopic (exact) mass is 768 g/mol. The maximum absolute atomic E-state index is 9.49. The highest BCUT2D eigenvalue weighted by atomic mass is 79.9. The molecule has 2 aromatic heterocycles. The average Bonchev–Trinajstić information content (AvgIpc) is 3.64. The minimum Gasteiger partial charge on any atom is -0.413 e. The predicted octanol–water partition coefficient (Wildman–Crippen LogP) is 4.55. The summed E-state index contributed by atoms with van der Waals surface area (Å²) in [5.74, 6) is 0. The maximum Gasteiger partial charge on any atom is 0.493 e. The standard InChI is InChI=1S/C15H21BN2O3.C10H20B2O4.C10H11BrN2O/c1-11(19)8-18-14-5-4-13(6-12(14)7-17-18)16-20-9-15(2,3)10-21-16;1-9(2)5-13-11(14-6-9)12-15-7-10(3,4)8-16-12;1-7(14)6-13-10-3-2-9(11)4-8(10)5-12-13/h4-7,11,19H,8-10H2,1-3H3;5-8H2,1-4H3;2-5,7,14H,6H2,1H3/t11-;;7-/m1.1/s1. The van der Waals surface area contributed by atoms with Crippen LogP contribution in [0.1, 0.15) is 55.4 Å². The number of halogens is 1. The molecule has 2 atom stereocenters. The second kappa shape index (κ2) is 16.8. The summed E-state index contributed by atoms with van der Waals surface area (Å²) in [6, 6.07) is 12.0. The van der Waals surface area contributed by atoms with Gasteiger partial charge in [-0.2, -0.15) is 10.2 Å². The van der Waals surface area contributed by atoms with Crippen LogP contribution in [0.4, 0.5) is 0 Å². The second-order valence-corrected chi connectivity index (χ2v) is 17.2. The molecule has 0 bridgehead atoms. The van der Waals surface area contributed by atoms with Gasteiger partial charge in [-0.15, -0.1) is 0 Å². The van der Waals surface area contributed by atoms with E-state index in [1.54, 1.807) is 13.8 Å². The third-order valence-electron chi connectivity index (χ3n) is 8.44. The highest BCUT2D eigenvalue weighted by Gasteiger charge is 2.47. The summed E-state index contributed by atoms with van der Waals surface area (Å²) in [6.45, 7) is 21.4. The number of aliphatic hydroxyl groups is 2. The van der Waals surface area contributed by atoms with Gasteiger partial charge in [0.2, 0.25) is 0 Å². The van der Waals surface area contributed by atoms with Gasteiger partial charge in [0.1, 0.15) is 0 Å². The zero-order valence-corrected chi connectivity index (χ0v) is 32.8. The molecular formula is C35H52B3BrN4O8. The number of nitrogens with zero attached hydrogens (tertiary/aromatic N) is 4. The van der Waals surface area contributed by atoms with Crippen molar-refractivity contribution < 1.29 is 38.1 Å². The highest BCUT2D eigenvalue weighted by molar-refractivity contribution is 9.10. The molecule has 3 aliphatic heterocycles. The van der Waals surface area contributed by atoms with Crippen LogP contribution >= 0.6 is 15.9 Å². The Morgan fingerprint density at radius 1 is 0.647 bits per heavy atom. The van der Waals surface area contributed by atoms with E-state index in [4.69, 9.17) is 27.9 Å². The lowest BCUT2D eigenvalue weighted by Gasteiger charge is -2.38. The molecular weight excluding hydrogens is 717 g/mol. The van der Waals surface area contributed by atoms with Crippen molar-refractivity contribution in [2.45, 2.75) is 80.7 Å². The summed E-state index contributed by atoms with van der Waals surface area (Å²) in [6.07, 6.45) is 2.83. The molecule has 0 spiro atoms. The topological polar surface area (TPSA) is 131 Å². The van der Waals surface area contributed by atoms with Gasteiger partial charge in [0.15, 0.2) is 0 Å². The van der Waals surface area contributed by atoms with E-state index in [9.17, 15) is 10.2 Å². The Bertz CT molecular complexity index is 1680. The lowest BCUT2D eigenvalue weighted by atomic mass is 9.47. The first kappa shape index (κ1) is 39.9. The number of aromatic nitrogens is 4. The molecule has 4 aromatic rings. The first-order chi connectivity index (χ1) is 24.0. The summed E-state index contributed by atoms with van der Waals surface area (Å²) in [7, 11) is -1.05. The van der Waals surface area contributed by atoms with Gasteiger partial charge in [-0.05, 0) is 43.6 Å². The van der Waals surface area contributed by atoms with Crippen molar-refractivity contribution in [2.24, 2.45) is 16.2 Å². The summed E-state index contributed by atoms with van der Waals surface area (Å²) in [4.78, 5) is 0. The van der Waals surface area contributed by atoms with Crippen LogP contribution in [0.3, 0.4) is 0 Å². The SMILES string of the molecule is CC1(C)COB(B2OCC(C)(C)CO2)OC1.C[C@@H](O)Cn1ncc2cc(B3OCC(C)(C)CO3)ccc21.C[C@@H](O)Cn1ncc2cc(Br)ccc21. The lowest BCUT2D eigenvalue weighted by Crippen LogP contribution is -2.56. The van der Waals surface area contributed by atoms with Crippen molar-refractivity contribution in [2.75, 3.05) is 39.6 Å². The van der Waals surface area contributed by atoms with Crippen LogP contribution in [-0.2, 0) is 41.0 Å². The zero-order chi connectivity index (χ0) is 37.0. The number of benzene rings is 2. The Hall–Kier alpha value is -2.27. The Labute approximate surface area is 311 Å². The smallest absolute Gasteiger partial charge is 0.413 e. The average molecular weight is 769 g/mol. The van der Waals surface area contributed by atoms with Gasteiger partial charge >= 0.3 is 21.1 Å². The number of rotatable bonds is 6. The molecule has 2 N–H and O–H groups in total. The van der Waals surface area contributed by atoms with E-state index in [2.05, 4.69) is 67.7 Å². The molecule has 3 fully saturated rings. The fraction of sp³-hybridized carbons (Fsp3) is 0.600. The summed E-state index contributed by atoms with van der Waals surface area (Å²) < 4.78 is 38.8. The first-order valence-corrected chi connectivity index (χ1v) is 18.4. The zero-order valence-electron chi connectivity index (χ0n) is 31.2. The largest absolute Gasteiger partial charge is 0.493 e. The van der Waals surface area contributed by atoms with Gasteiger partial charge in [-0.25, -0.2) is 0 Å². The molecule has 2 aromatic carbocycles. The van der Waals surface area contributed by atoms with E-state index >= 15 is 0 Å². The molecule has 3 aliphatic rings. The van der Waals surface area contributed by atoms with E-state index in [1.807, 2.05) is 58.2 Å². The van der Waals surface area contributed by atoms with Gasteiger partial charge in [0, 0.05) is 71.1 Å². The quantitative estimate of drug-likeness (QED) is 0.270. The number of hydrogen-bond acceptors (Lipinski definition) is 10. The molecule has 3 saturated heterocycles. The summed E-state index contributed by atoms with van der Waals surface area (Å²) in [5, 5.41) is 29.4. The Morgan fingerprint density at radius 2 is 1.04 bits per heavy atom. The van der Waals surface area contributed by atoms with Gasteiger partial charge in [0.25, 0.3) is 0 Å². The maximum atomic E-state index is 9.49. The van der Waals surface area contributed by atoms with Crippen LogP contribution < -0.4 is 5.46 Å². The first-order valence-electron chi connectivity index (χ1n) is 17.6. The molecule has 0 unspecified atom stereocenters. The molecule has 0 amide bonds. The van der Waals surface area contributed by atoms with Gasteiger partial charge in [0.05, 0.1) is 48.7 Å². The van der Waals surface area contributed by atoms with Gasteiger partial charge in [-0.3, -0.25) is 9.36 Å². The molecule has 5 heterocycles. The van der Waals surface area contributed by atoms with Crippen molar-refractivity contribution in [3.63, 3.8) is 0 Å².